The predicted molar refractivity (Wildman–Crippen MR) is 80.8 cm³/mol. The number of aliphatic hydroxyl groups excluding tert-OH is 1. The summed E-state index contributed by atoms with van der Waals surface area (Å²) < 4.78 is 0. The van der Waals surface area contributed by atoms with Crippen molar-refractivity contribution in [3.05, 3.63) is 0 Å². The molecule has 6 heteroatoms. The summed E-state index contributed by atoms with van der Waals surface area (Å²) >= 11 is 0. The molecule has 0 aliphatic carbocycles. The summed E-state index contributed by atoms with van der Waals surface area (Å²) in [5, 5.41) is 14.4. The second kappa shape index (κ2) is 9.15. The molecule has 1 aliphatic rings. The van der Waals surface area contributed by atoms with Crippen LogP contribution in [0.25, 0.3) is 0 Å². The fraction of sp³-hybridized carbons (Fsp3) is 0.929. The Hall–Kier alpha value is -0.850. The first kappa shape index (κ1) is 17.2. The van der Waals surface area contributed by atoms with Gasteiger partial charge in [0.05, 0.1) is 12.6 Å². The number of nitrogens with one attached hydrogen (secondary N) is 2. The third-order valence-electron chi connectivity index (χ3n) is 3.74. The van der Waals surface area contributed by atoms with Gasteiger partial charge in [0, 0.05) is 39.3 Å². The molecule has 1 fully saturated rings. The maximum Gasteiger partial charge on any atom is 0.315 e. The maximum absolute atomic E-state index is 11.5. The van der Waals surface area contributed by atoms with Crippen molar-refractivity contribution in [3.8, 4) is 0 Å². The van der Waals surface area contributed by atoms with Crippen LogP contribution in [0, 0.1) is 5.92 Å². The van der Waals surface area contributed by atoms with Gasteiger partial charge in [0.25, 0.3) is 0 Å². The van der Waals surface area contributed by atoms with Crippen molar-refractivity contribution in [3.63, 3.8) is 0 Å². The molecule has 2 amide bonds. The number of urea groups is 1. The third-order valence-corrected chi connectivity index (χ3v) is 3.74. The third kappa shape index (κ3) is 6.54. The van der Waals surface area contributed by atoms with E-state index in [1.165, 1.54) is 0 Å². The highest BCUT2D eigenvalue weighted by atomic mass is 16.3. The number of likely N-dealkylation sites (N-methyl/N-ethyl adjacent to an activating group) is 1. The van der Waals surface area contributed by atoms with Crippen molar-refractivity contribution in [2.45, 2.75) is 26.8 Å². The van der Waals surface area contributed by atoms with Crippen LogP contribution in [0.4, 0.5) is 4.79 Å². The number of nitrogens with zero attached hydrogens (tertiary/aromatic N) is 2. The molecular weight excluding hydrogens is 256 g/mol. The minimum absolute atomic E-state index is 0.0370. The van der Waals surface area contributed by atoms with Crippen molar-refractivity contribution >= 4 is 6.03 Å². The SMILES string of the molecule is CCN1CCN(CC(C)CNC(=O)N[C@@H](C)CO)CC1. The summed E-state index contributed by atoms with van der Waals surface area (Å²) in [4.78, 5) is 16.5. The molecule has 6 nitrogen and oxygen atoms in total. The van der Waals surface area contributed by atoms with Crippen LogP contribution in [-0.2, 0) is 0 Å². The van der Waals surface area contributed by atoms with Gasteiger partial charge in [0.2, 0.25) is 0 Å². The van der Waals surface area contributed by atoms with Crippen LogP contribution in [0.5, 0.6) is 0 Å². The number of amides is 2. The lowest BCUT2D eigenvalue weighted by molar-refractivity contribution is 0.124. The predicted octanol–water partition coefficient (Wildman–Crippen LogP) is -0.0600. The van der Waals surface area contributed by atoms with E-state index in [0.29, 0.717) is 12.5 Å². The molecule has 0 aromatic heterocycles. The summed E-state index contributed by atoms with van der Waals surface area (Å²) in [5.74, 6) is 0.429. The summed E-state index contributed by atoms with van der Waals surface area (Å²) in [6.07, 6.45) is 0. The number of carbonyl (C=O) groups is 1. The zero-order chi connectivity index (χ0) is 15.0. The van der Waals surface area contributed by atoms with Gasteiger partial charge in [-0.1, -0.05) is 13.8 Å². The molecule has 1 rings (SSSR count). The van der Waals surface area contributed by atoms with Gasteiger partial charge in [0.15, 0.2) is 0 Å². The lowest BCUT2D eigenvalue weighted by Crippen LogP contribution is -2.49. The van der Waals surface area contributed by atoms with E-state index in [0.717, 1.165) is 39.3 Å². The highest BCUT2D eigenvalue weighted by Gasteiger charge is 2.17. The normalized spacial score (nSPS) is 20.4. The summed E-state index contributed by atoms with van der Waals surface area (Å²) in [5.41, 5.74) is 0. The lowest BCUT2D eigenvalue weighted by atomic mass is 10.1. The largest absolute Gasteiger partial charge is 0.394 e. The second-order valence-electron chi connectivity index (χ2n) is 5.78. The number of hydrogen-bond acceptors (Lipinski definition) is 4. The van der Waals surface area contributed by atoms with Gasteiger partial charge in [-0.15, -0.1) is 0 Å². The van der Waals surface area contributed by atoms with E-state index in [9.17, 15) is 4.79 Å². The Morgan fingerprint density at radius 2 is 1.80 bits per heavy atom. The molecule has 0 aromatic rings. The lowest BCUT2D eigenvalue weighted by Gasteiger charge is -2.35. The van der Waals surface area contributed by atoms with Gasteiger partial charge in [-0.3, -0.25) is 0 Å². The first-order valence-electron chi connectivity index (χ1n) is 7.65. The van der Waals surface area contributed by atoms with Crippen LogP contribution < -0.4 is 10.6 Å². The van der Waals surface area contributed by atoms with Crippen LogP contribution in [0.15, 0.2) is 0 Å². The average Bonchev–Trinajstić information content (AvgIpc) is 2.45. The Kier molecular flexibility index (Phi) is 7.87. The zero-order valence-corrected chi connectivity index (χ0v) is 13.1. The number of piperazine rings is 1. The van der Waals surface area contributed by atoms with E-state index in [-0.39, 0.29) is 18.7 Å². The maximum atomic E-state index is 11.5. The first-order chi connectivity index (χ1) is 9.55. The molecule has 20 heavy (non-hydrogen) atoms. The molecule has 1 unspecified atom stereocenters. The van der Waals surface area contributed by atoms with Gasteiger partial charge in [0.1, 0.15) is 0 Å². The fourth-order valence-corrected chi connectivity index (χ4v) is 2.38. The highest BCUT2D eigenvalue weighted by Crippen LogP contribution is 2.04. The molecule has 2 atom stereocenters. The van der Waals surface area contributed by atoms with Gasteiger partial charge in [-0.2, -0.15) is 0 Å². The molecule has 0 radical (unpaired) electrons. The van der Waals surface area contributed by atoms with Crippen LogP contribution in [0.3, 0.4) is 0 Å². The number of hydrogen-bond donors (Lipinski definition) is 3. The van der Waals surface area contributed by atoms with Crippen molar-refractivity contribution < 1.29 is 9.90 Å². The summed E-state index contributed by atoms with van der Waals surface area (Å²) in [7, 11) is 0. The minimum atomic E-state index is -0.201. The quantitative estimate of drug-likeness (QED) is 0.613. The molecular formula is C14H30N4O2. The van der Waals surface area contributed by atoms with Crippen molar-refractivity contribution in [2.24, 2.45) is 5.92 Å². The average molecular weight is 286 g/mol. The number of carbonyl (C=O) groups excluding carboxylic acids is 1. The van der Waals surface area contributed by atoms with Gasteiger partial charge >= 0.3 is 6.03 Å². The second-order valence-corrected chi connectivity index (χ2v) is 5.78. The molecule has 118 valence electrons. The van der Waals surface area contributed by atoms with Crippen LogP contribution >= 0.6 is 0 Å². The van der Waals surface area contributed by atoms with Gasteiger partial charge in [-0.05, 0) is 19.4 Å². The number of aliphatic hydroxyl groups is 1. The van der Waals surface area contributed by atoms with E-state index in [1.54, 1.807) is 6.92 Å². The first-order valence-corrected chi connectivity index (χ1v) is 7.65. The van der Waals surface area contributed by atoms with Gasteiger partial charge < -0.3 is 25.5 Å². The standard InChI is InChI=1S/C14H30N4O2/c1-4-17-5-7-18(8-6-17)10-12(2)9-15-14(20)16-13(3)11-19/h12-13,19H,4-11H2,1-3H3,(H2,15,16,20)/t12?,13-/m0/s1. The Labute approximate surface area is 122 Å². The molecule has 0 bridgehead atoms. The van der Waals surface area contributed by atoms with E-state index in [4.69, 9.17) is 5.11 Å². The molecule has 1 aliphatic heterocycles. The monoisotopic (exact) mass is 286 g/mol. The van der Waals surface area contributed by atoms with E-state index >= 15 is 0 Å². The van der Waals surface area contributed by atoms with Gasteiger partial charge in [-0.25, -0.2) is 4.79 Å². The molecule has 1 heterocycles. The fourth-order valence-electron chi connectivity index (χ4n) is 2.38. The minimum Gasteiger partial charge on any atom is -0.394 e. The Morgan fingerprint density at radius 3 is 2.35 bits per heavy atom. The Morgan fingerprint density at radius 1 is 1.20 bits per heavy atom. The summed E-state index contributed by atoms with van der Waals surface area (Å²) in [6.45, 7) is 13.4. The molecule has 0 aromatic carbocycles. The van der Waals surface area contributed by atoms with E-state index in [2.05, 4.69) is 34.3 Å². The van der Waals surface area contributed by atoms with E-state index < -0.39 is 0 Å². The van der Waals surface area contributed by atoms with Crippen LogP contribution in [0.1, 0.15) is 20.8 Å². The van der Waals surface area contributed by atoms with Crippen molar-refractivity contribution in [1.29, 1.82) is 0 Å². The molecule has 0 saturated carbocycles. The molecule has 0 spiro atoms. The zero-order valence-electron chi connectivity index (χ0n) is 13.1. The summed E-state index contributed by atoms with van der Waals surface area (Å²) in [6, 6.07) is -0.401. The number of rotatable bonds is 7. The topological polar surface area (TPSA) is 67.8 Å². The van der Waals surface area contributed by atoms with E-state index in [1.807, 2.05) is 0 Å². The Balaban J connectivity index is 2.14. The van der Waals surface area contributed by atoms with Crippen LogP contribution in [-0.4, -0.2) is 79.4 Å². The van der Waals surface area contributed by atoms with Crippen molar-refractivity contribution in [2.75, 3.05) is 52.4 Å². The molecule has 1 saturated heterocycles. The van der Waals surface area contributed by atoms with Crippen LogP contribution in [0.2, 0.25) is 0 Å². The Bertz CT molecular complexity index is 280. The smallest absolute Gasteiger partial charge is 0.315 e. The highest BCUT2D eigenvalue weighted by molar-refractivity contribution is 5.74. The molecule has 3 N–H and O–H groups in total. The van der Waals surface area contributed by atoms with Crippen molar-refractivity contribution in [1.82, 2.24) is 20.4 Å².